The molecule has 0 bridgehead atoms. The molecule has 0 unspecified atom stereocenters. The van der Waals surface area contributed by atoms with Crippen molar-refractivity contribution in [1.82, 2.24) is 4.90 Å². The van der Waals surface area contributed by atoms with Gasteiger partial charge in [-0.15, -0.1) is 0 Å². The molecule has 3 rings (SSSR count). The average molecular weight is 416 g/mol. The van der Waals surface area contributed by atoms with Gasteiger partial charge in [0.2, 0.25) is 15.9 Å². The molecule has 0 saturated carbocycles. The van der Waals surface area contributed by atoms with Crippen molar-refractivity contribution in [2.75, 3.05) is 49.2 Å². The lowest BCUT2D eigenvalue weighted by Gasteiger charge is -2.36. The summed E-state index contributed by atoms with van der Waals surface area (Å²) in [6.07, 6.45) is 4.39. The summed E-state index contributed by atoms with van der Waals surface area (Å²) >= 11 is 0. The van der Waals surface area contributed by atoms with E-state index in [4.69, 9.17) is 4.74 Å². The molecule has 0 aromatic heterocycles. The van der Waals surface area contributed by atoms with Gasteiger partial charge in [0.25, 0.3) is 0 Å². The van der Waals surface area contributed by atoms with E-state index in [9.17, 15) is 13.2 Å². The lowest BCUT2D eigenvalue weighted by Crippen LogP contribution is -2.48. The average Bonchev–Trinajstić information content (AvgIpc) is 2.72. The maximum absolute atomic E-state index is 12.5. The van der Waals surface area contributed by atoms with E-state index in [1.807, 2.05) is 29.2 Å². The van der Waals surface area contributed by atoms with Crippen LogP contribution in [0.4, 0.5) is 11.4 Å². The van der Waals surface area contributed by atoms with Crippen LogP contribution < -0.4 is 14.4 Å². The zero-order valence-electron chi connectivity index (χ0n) is 16.5. The first kappa shape index (κ1) is 20.7. The Kier molecular flexibility index (Phi) is 6.43. The zero-order valence-corrected chi connectivity index (χ0v) is 17.4. The fraction of sp³-hybridized carbons (Fsp3) is 0.286. The van der Waals surface area contributed by atoms with Crippen LogP contribution in [-0.4, -0.2) is 58.8 Å². The molecule has 2 aromatic carbocycles. The Morgan fingerprint density at radius 2 is 1.69 bits per heavy atom. The van der Waals surface area contributed by atoms with Crippen molar-refractivity contribution in [2.45, 2.75) is 0 Å². The van der Waals surface area contributed by atoms with E-state index < -0.39 is 10.0 Å². The van der Waals surface area contributed by atoms with E-state index in [2.05, 4.69) is 9.62 Å². The van der Waals surface area contributed by atoms with Gasteiger partial charge in [-0.2, -0.15) is 0 Å². The Morgan fingerprint density at radius 3 is 2.31 bits per heavy atom. The Morgan fingerprint density at radius 1 is 1.03 bits per heavy atom. The second kappa shape index (κ2) is 9.00. The molecule has 154 valence electrons. The van der Waals surface area contributed by atoms with Crippen LogP contribution in [0.15, 0.2) is 54.6 Å². The van der Waals surface area contributed by atoms with Crippen LogP contribution in [0.5, 0.6) is 5.75 Å². The molecule has 1 N–H and O–H groups in total. The monoisotopic (exact) mass is 415 g/mol. The molecule has 2 aromatic rings. The van der Waals surface area contributed by atoms with Gasteiger partial charge in [-0.3, -0.25) is 9.52 Å². The maximum atomic E-state index is 12.5. The van der Waals surface area contributed by atoms with Crippen molar-refractivity contribution >= 4 is 33.4 Å². The number of carbonyl (C=O) groups excluding carboxylic acids is 1. The molecular formula is C21H25N3O4S. The molecule has 1 aliphatic heterocycles. The van der Waals surface area contributed by atoms with E-state index in [1.54, 1.807) is 43.5 Å². The number of hydrogen-bond donors (Lipinski definition) is 1. The van der Waals surface area contributed by atoms with Gasteiger partial charge >= 0.3 is 0 Å². The van der Waals surface area contributed by atoms with Gasteiger partial charge in [0.15, 0.2) is 0 Å². The molecule has 8 heteroatoms. The molecule has 0 spiro atoms. The number of methoxy groups -OCH3 is 1. The Labute approximate surface area is 171 Å². The highest BCUT2D eigenvalue weighted by atomic mass is 32.2. The fourth-order valence-corrected chi connectivity index (χ4v) is 3.77. The van der Waals surface area contributed by atoms with Crippen molar-refractivity contribution in [3.05, 3.63) is 60.2 Å². The van der Waals surface area contributed by atoms with Crippen LogP contribution >= 0.6 is 0 Å². The largest absolute Gasteiger partial charge is 0.495 e. The highest BCUT2D eigenvalue weighted by Gasteiger charge is 2.21. The molecule has 1 saturated heterocycles. The first-order valence-electron chi connectivity index (χ1n) is 9.28. The summed E-state index contributed by atoms with van der Waals surface area (Å²) in [6, 6.07) is 14.7. The van der Waals surface area contributed by atoms with E-state index >= 15 is 0 Å². The molecule has 1 heterocycles. The predicted molar refractivity (Wildman–Crippen MR) is 116 cm³/mol. The molecule has 29 heavy (non-hydrogen) atoms. The molecule has 1 fully saturated rings. The zero-order chi connectivity index (χ0) is 20.9. The molecular weight excluding hydrogens is 390 g/mol. The van der Waals surface area contributed by atoms with Crippen molar-refractivity contribution in [3.63, 3.8) is 0 Å². The summed E-state index contributed by atoms with van der Waals surface area (Å²) in [5, 5.41) is 0. The first-order valence-corrected chi connectivity index (χ1v) is 11.2. The lowest BCUT2D eigenvalue weighted by atomic mass is 10.2. The Bertz CT molecular complexity index is 979. The summed E-state index contributed by atoms with van der Waals surface area (Å²) in [6.45, 7) is 2.76. The number of nitrogens with zero attached hydrogens (tertiary/aromatic N) is 2. The van der Waals surface area contributed by atoms with Crippen LogP contribution in [0.1, 0.15) is 5.56 Å². The van der Waals surface area contributed by atoms with Crippen LogP contribution in [-0.2, 0) is 14.8 Å². The number of sulfonamides is 1. The fourth-order valence-electron chi connectivity index (χ4n) is 3.21. The standard InChI is InChI=1S/C21H25N3O4S/c1-28-20-6-4-3-5-19(20)23-13-15-24(16-14-23)21(25)12-9-17-7-10-18(11-8-17)22-29(2,26)27/h3-12,22H,13-16H2,1-2H3/b12-9+. The smallest absolute Gasteiger partial charge is 0.246 e. The number of anilines is 2. The molecule has 0 radical (unpaired) electrons. The van der Waals surface area contributed by atoms with Gasteiger partial charge in [-0.1, -0.05) is 24.3 Å². The third kappa shape index (κ3) is 5.74. The summed E-state index contributed by atoms with van der Waals surface area (Å²) < 4.78 is 30.3. The summed E-state index contributed by atoms with van der Waals surface area (Å²) in [7, 11) is -1.64. The van der Waals surface area contributed by atoms with Gasteiger partial charge in [-0.25, -0.2) is 8.42 Å². The van der Waals surface area contributed by atoms with Crippen molar-refractivity contribution in [1.29, 1.82) is 0 Å². The highest BCUT2D eigenvalue weighted by molar-refractivity contribution is 7.92. The van der Waals surface area contributed by atoms with Crippen molar-refractivity contribution < 1.29 is 17.9 Å². The van der Waals surface area contributed by atoms with Crippen LogP contribution in [0.25, 0.3) is 6.08 Å². The second-order valence-corrected chi connectivity index (χ2v) is 8.56. The molecule has 0 atom stereocenters. The first-order chi connectivity index (χ1) is 13.9. The molecule has 1 aliphatic rings. The molecule has 1 amide bonds. The van der Waals surface area contributed by atoms with E-state index in [-0.39, 0.29) is 5.91 Å². The Hall–Kier alpha value is -3.00. The number of hydrogen-bond acceptors (Lipinski definition) is 5. The maximum Gasteiger partial charge on any atom is 0.246 e. The van der Waals surface area contributed by atoms with Gasteiger partial charge < -0.3 is 14.5 Å². The number of carbonyl (C=O) groups is 1. The molecule has 7 nitrogen and oxygen atoms in total. The topological polar surface area (TPSA) is 79.0 Å². The lowest BCUT2D eigenvalue weighted by molar-refractivity contribution is -0.126. The van der Waals surface area contributed by atoms with Crippen LogP contribution in [0, 0.1) is 0 Å². The third-order valence-corrected chi connectivity index (χ3v) is 5.26. The minimum absolute atomic E-state index is 0.0389. The van der Waals surface area contributed by atoms with Gasteiger partial charge in [0, 0.05) is 37.9 Å². The van der Waals surface area contributed by atoms with Crippen molar-refractivity contribution in [2.24, 2.45) is 0 Å². The van der Waals surface area contributed by atoms with Crippen LogP contribution in [0.3, 0.4) is 0 Å². The van der Waals surface area contributed by atoms with E-state index in [1.165, 1.54) is 0 Å². The third-order valence-electron chi connectivity index (χ3n) is 4.65. The second-order valence-electron chi connectivity index (χ2n) is 6.81. The van der Waals surface area contributed by atoms with E-state index in [0.717, 1.165) is 36.3 Å². The van der Waals surface area contributed by atoms with Gasteiger partial charge in [0.1, 0.15) is 5.75 Å². The normalized spacial score (nSPS) is 14.8. The summed E-state index contributed by atoms with van der Waals surface area (Å²) in [5.41, 5.74) is 2.36. The van der Waals surface area contributed by atoms with Gasteiger partial charge in [-0.05, 0) is 35.9 Å². The predicted octanol–water partition coefficient (Wildman–Crippen LogP) is 2.43. The number of nitrogens with one attached hydrogen (secondary N) is 1. The van der Waals surface area contributed by atoms with Gasteiger partial charge in [0.05, 0.1) is 19.1 Å². The number of rotatable bonds is 6. The summed E-state index contributed by atoms with van der Waals surface area (Å²) in [4.78, 5) is 16.5. The molecule has 0 aliphatic carbocycles. The number of para-hydroxylation sites is 2. The highest BCUT2D eigenvalue weighted by Crippen LogP contribution is 2.28. The van der Waals surface area contributed by atoms with Crippen molar-refractivity contribution in [3.8, 4) is 5.75 Å². The quantitative estimate of drug-likeness (QED) is 0.733. The SMILES string of the molecule is COc1ccccc1N1CCN(C(=O)/C=C/c2ccc(NS(C)(=O)=O)cc2)CC1. The summed E-state index contributed by atoms with van der Waals surface area (Å²) in [5.74, 6) is 0.795. The van der Waals surface area contributed by atoms with E-state index in [0.29, 0.717) is 18.8 Å². The Balaban J connectivity index is 1.55. The number of piperazine rings is 1. The van der Waals surface area contributed by atoms with Crippen LogP contribution in [0.2, 0.25) is 0 Å². The number of amides is 1. The minimum Gasteiger partial charge on any atom is -0.495 e. The number of ether oxygens (including phenoxy) is 1. The minimum atomic E-state index is -3.30. The number of benzene rings is 2.